The maximum absolute atomic E-state index is 5.98. The molecule has 2 aliphatic carbocycles. The van der Waals surface area contributed by atoms with Gasteiger partial charge in [0.2, 0.25) is 0 Å². The Kier molecular flexibility index (Phi) is 4.69. The fourth-order valence-corrected chi connectivity index (χ4v) is 3.68. The zero-order valence-corrected chi connectivity index (χ0v) is 11.1. The molecule has 0 aliphatic heterocycles. The lowest BCUT2D eigenvalue weighted by atomic mass is 9.66. The first-order valence-corrected chi connectivity index (χ1v) is 7.42. The molecule has 0 bridgehead atoms. The van der Waals surface area contributed by atoms with E-state index in [1.807, 2.05) is 0 Å². The van der Waals surface area contributed by atoms with E-state index in [0.717, 1.165) is 30.8 Å². The highest BCUT2D eigenvalue weighted by atomic mass is 16.5. The normalized spacial score (nSPS) is 36.8. The fraction of sp³-hybridized carbons (Fsp3) is 1.00. The van der Waals surface area contributed by atoms with E-state index in [0.29, 0.717) is 6.10 Å². The van der Waals surface area contributed by atoms with Crippen LogP contribution in [0.25, 0.3) is 0 Å². The number of hydrogen-bond acceptors (Lipinski definition) is 1. The predicted octanol–water partition coefficient (Wildman–Crippen LogP) is 4.41. The molecule has 0 N–H and O–H groups in total. The summed E-state index contributed by atoms with van der Waals surface area (Å²) in [5.74, 6) is 2.94. The molecule has 2 rings (SSSR count). The van der Waals surface area contributed by atoms with Crippen LogP contribution in [0.1, 0.15) is 65.2 Å². The highest BCUT2D eigenvalue weighted by Gasteiger charge is 2.34. The van der Waals surface area contributed by atoms with Gasteiger partial charge in [-0.3, -0.25) is 0 Å². The lowest BCUT2D eigenvalue weighted by Gasteiger charge is -2.41. The minimum Gasteiger partial charge on any atom is -0.378 e. The van der Waals surface area contributed by atoms with Gasteiger partial charge in [0, 0.05) is 0 Å². The fourth-order valence-electron chi connectivity index (χ4n) is 3.68. The second kappa shape index (κ2) is 6.05. The van der Waals surface area contributed by atoms with Crippen LogP contribution in [0.4, 0.5) is 0 Å². The smallest absolute Gasteiger partial charge is 0.0544 e. The largest absolute Gasteiger partial charge is 0.378 e. The monoisotopic (exact) mass is 224 g/mol. The second-order valence-electron chi connectivity index (χ2n) is 5.95. The van der Waals surface area contributed by atoms with Crippen molar-refractivity contribution in [3.05, 3.63) is 0 Å². The maximum Gasteiger partial charge on any atom is 0.0544 e. The van der Waals surface area contributed by atoms with E-state index in [1.54, 1.807) is 0 Å². The average molecular weight is 224 g/mol. The van der Waals surface area contributed by atoms with Crippen molar-refractivity contribution in [1.29, 1.82) is 0 Å². The summed E-state index contributed by atoms with van der Waals surface area (Å²) in [6.07, 6.45) is 12.0. The molecule has 1 heteroatoms. The Hall–Kier alpha value is -0.0400. The first kappa shape index (κ1) is 12.4. The van der Waals surface area contributed by atoms with Crippen molar-refractivity contribution < 1.29 is 4.74 Å². The van der Waals surface area contributed by atoms with Gasteiger partial charge in [-0.25, -0.2) is 0 Å². The molecule has 2 fully saturated rings. The van der Waals surface area contributed by atoms with Crippen LogP contribution in [0.15, 0.2) is 0 Å². The van der Waals surface area contributed by atoms with Crippen molar-refractivity contribution in [2.24, 2.45) is 17.8 Å². The minimum absolute atomic E-state index is 0.462. The first-order chi connectivity index (χ1) is 7.81. The van der Waals surface area contributed by atoms with Crippen LogP contribution < -0.4 is 0 Å². The van der Waals surface area contributed by atoms with Gasteiger partial charge in [0.25, 0.3) is 0 Å². The zero-order chi connectivity index (χ0) is 11.4. The van der Waals surface area contributed by atoms with Gasteiger partial charge in [-0.05, 0) is 43.9 Å². The van der Waals surface area contributed by atoms with E-state index in [4.69, 9.17) is 4.74 Å². The zero-order valence-electron chi connectivity index (χ0n) is 11.1. The van der Waals surface area contributed by atoms with Gasteiger partial charge >= 0.3 is 0 Å². The topological polar surface area (TPSA) is 9.23 Å². The molecule has 0 aromatic heterocycles. The third-order valence-electron chi connectivity index (χ3n) is 4.89. The van der Waals surface area contributed by atoms with E-state index in [2.05, 4.69) is 13.8 Å². The van der Waals surface area contributed by atoms with Gasteiger partial charge in [-0.15, -0.1) is 0 Å². The molecule has 0 aromatic rings. The molecule has 2 saturated carbocycles. The van der Waals surface area contributed by atoms with E-state index in [1.165, 1.54) is 44.9 Å². The van der Waals surface area contributed by atoms with Gasteiger partial charge < -0.3 is 4.74 Å². The number of ether oxygens (including phenoxy) is 1. The molecule has 16 heavy (non-hydrogen) atoms. The van der Waals surface area contributed by atoms with Crippen molar-refractivity contribution in [3.63, 3.8) is 0 Å². The molecule has 0 saturated heterocycles. The van der Waals surface area contributed by atoms with Gasteiger partial charge in [0.05, 0.1) is 12.7 Å². The summed E-state index contributed by atoms with van der Waals surface area (Å²) in [5, 5.41) is 0. The quantitative estimate of drug-likeness (QED) is 0.687. The minimum atomic E-state index is 0.462. The first-order valence-electron chi connectivity index (χ1n) is 7.42. The van der Waals surface area contributed by atoms with Crippen LogP contribution in [-0.4, -0.2) is 12.7 Å². The van der Waals surface area contributed by atoms with Gasteiger partial charge in [0.1, 0.15) is 0 Å². The van der Waals surface area contributed by atoms with E-state index in [9.17, 15) is 0 Å². The highest BCUT2D eigenvalue weighted by molar-refractivity contribution is 4.85. The SMILES string of the molecule is CCC(C)OCC1CCCC2CCCCC21. The van der Waals surface area contributed by atoms with E-state index >= 15 is 0 Å². The summed E-state index contributed by atoms with van der Waals surface area (Å²) in [6.45, 7) is 5.46. The summed E-state index contributed by atoms with van der Waals surface area (Å²) in [6, 6.07) is 0. The molecule has 2 aliphatic rings. The summed E-state index contributed by atoms with van der Waals surface area (Å²) in [5.41, 5.74) is 0. The summed E-state index contributed by atoms with van der Waals surface area (Å²) >= 11 is 0. The van der Waals surface area contributed by atoms with Crippen molar-refractivity contribution in [3.8, 4) is 0 Å². The maximum atomic E-state index is 5.98. The molecule has 94 valence electrons. The predicted molar refractivity (Wildman–Crippen MR) is 68.5 cm³/mol. The molecule has 0 heterocycles. The molecule has 0 radical (unpaired) electrons. The molecule has 0 spiro atoms. The highest BCUT2D eigenvalue weighted by Crippen LogP contribution is 2.43. The second-order valence-corrected chi connectivity index (χ2v) is 5.95. The van der Waals surface area contributed by atoms with Crippen LogP contribution >= 0.6 is 0 Å². The third kappa shape index (κ3) is 3.00. The standard InChI is InChI=1S/C15H28O/c1-3-12(2)16-11-14-9-6-8-13-7-4-5-10-15(13)14/h12-15H,3-11H2,1-2H3. The average Bonchev–Trinajstić information content (AvgIpc) is 2.35. The molecular formula is C15H28O. The number of fused-ring (bicyclic) bond motifs is 1. The lowest BCUT2D eigenvalue weighted by molar-refractivity contribution is -0.0114. The molecule has 1 nitrogen and oxygen atoms in total. The molecule has 4 atom stereocenters. The van der Waals surface area contributed by atoms with Crippen LogP contribution in [0.2, 0.25) is 0 Å². The van der Waals surface area contributed by atoms with Crippen LogP contribution in [-0.2, 0) is 4.74 Å². The van der Waals surface area contributed by atoms with Crippen molar-refractivity contribution in [1.82, 2.24) is 0 Å². The number of rotatable bonds is 4. The van der Waals surface area contributed by atoms with Crippen LogP contribution in [0.5, 0.6) is 0 Å². The Labute approximate surface area is 101 Å². The molecule has 4 unspecified atom stereocenters. The van der Waals surface area contributed by atoms with Crippen molar-refractivity contribution >= 4 is 0 Å². The van der Waals surface area contributed by atoms with Crippen molar-refractivity contribution in [2.45, 2.75) is 71.3 Å². The molecule has 0 amide bonds. The number of hydrogen-bond donors (Lipinski definition) is 0. The van der Waals surface area contributed by atoms with Gasteiger partial charge in [-0.1, -0.05) is 39.0 Å². The third-order valence-corrected chi connectivity index (χ3v) is 4.89. The Bertz CT molecular complexity index is 200. The van der Waals surface area contributed by atoms with Gasteiger partial charge in [-0.2, -0.15) is 0 Å². The summed E-state index contributed by atoms with van der Waals surface area (Å²) in [4.78, 5) is 0. The van der Waals surface area contributed by atoms with Gasteiger partial charge in [0.15, 0.2) is 0 Å². The van der Waals surface area contributed by atoms with E-state index < -0.39 is 0 Å². The Morgan fingerprint density at radius 3 is 2.62 bits per heavy atom. The summed E-state index contributed by atoms with van der Waals surface area (Å²) < 4.78 is 5.98. The lowest BCUT2D eigenvalue weighted by Crippen LogP contribution is -2.34. The molecule has 0 aromatic carbocycles. The van der Waals surface area contributed by atoms with Crippen LogP contribution in [0.3, 0.4) is 0 Å². The van der Waals surface area contributed by atoms with Crippen LogP contribution in [0, 0.1) is 17.8 Å². The summed E-state index contributed by atoms with van der Waals surface area (Å²) in [7, 11) is 0. The Morgan fingerprint density at radius 2 is 1.81 bits per heavy atom. The Morgan fingerprint density at radius 1 is 1.06 bits per heavy atom. The van der Waals surface area contributed by atoms with Crippen molar-refractivity contribution in [2.75, 3.05) is 6.61 Å². The van der Waals surface area contributed by atoms with E-state index in [-0.39, 0.29) is 0 Å². The Balaban J connectivity index is 1.82. The molecular weight excluding hydrogens is 196 g/mol.